The Morgan fingerprint density at radius 2 is 1.81 bits per heavy atom. The predicted octanol–water partition coefficient (Wildman–Crippen LogP) is 2.45. The van der Waals surface area contributed by atoms with E-state index in [9.17, 15) is 9.59 Å². The van der Waals surface area contributed by atoms with Gasteiger partial charge in [0.1, 0.15) is 0 Å². The van der Waals surface area contributed by atoms with Crippen LogP contribution in [0.5, 0.6) is 0 Å². The highest BCUT2D eigenvalue weighted by molar-refractivity contribution is 5.97. The monoisotopic (exact) mass is 367 g/mol. The molecule has 6 heteroatoms. The van der Waals surface area contributed by atoms with Crippen LogP contribution < -0.4 is 10.6 Å². The van der Waals surface area contributed by atoms with Gasteiger partial charge in [0.05, 0.1) is 19.3 Å². The van der Waals surface area contributed by atoms with Crippen LogP contribution in [-0.4, -0.2) is 49.6 Å². The first-order valence-corrected chi connectivity index (χ1v) is 9.15. The number of rotatable bonds is 6. The number of carbonyl (C=O) groups is 2. The molecule has 1 fully saturated rings. The largest absolute Gasteiger partial charge is 0.379 e. The Hall–Kier alpha value is -2.70. The highest BCUT2D eigenvalue weighted by Crippen LogP contribution is 2.17. The molecule has 27 heavy (non-hydrogen) atoms. The van der Waals surface area contributed by atoms with Crippen LogP contribution in [0.15, 0.2) is 54.6 Å². The molecule has 3 rings (SSSR count). The number of hydrogen-bond donors (Lipinski definition) is 2. The highest BCUT2D eigenvalue weighted by Gasteiger charge is 2.20. The summed E-state index contributed by atoms with van der Waals surface area (Å²) in [6.07, 6.45) is 0. The summed E-state index contributed by atoms with van der Waals surface area (Å²) in [5.41, 5.74) is 2.19. The molecule has 1 atom stereocenters. The lowest BCUT2D eigenvalue weighted by atomic mass is 10.0. The smallest absolute Gasteiger partial charge is 0.251 e. The summed E-state index contributed by atoms with van der Waals surface area (Å²) in [6, 6.07) is 16.8. The Morgan fingerprint density at radius 3 is 2.52 bits per heavy atom. The van der Waals surface area contributed by atoms with Crippen molar-refractivity contribution >= 4 is 17.5 Å². The van der Waals surface area contributed by atoms with Gasteiger partial charge >= 0.3 is 0 Å². The number of nitrogens with zero attached hydrogens (tertiary/aromatic N) is 1. The maximum Gasteiger partial charge on any atom is 0.251 e. The van der Waals surface area contributed by atoms with Gasteiger partial charge in [0, 0.05) is 37.8 Å². The molecular formula is C21H25N3O3. The third-order valence-electron chi connectivity index (χ3n) is 4.50. The van der Waals surface area contributed by atoms with Crippen molar-refractivity contribution in [1.29, 1.82) is 0 Å². The summed E-state index contributed by atoms with van der Waals surface area (Å²) in [5.74, 6) is -0.327. The molecule has 2 aromatic carbocycles. The molecule has 1 aliphatic rings. The van der Waals surface area contributed by atoms with E-state index < -0.39 is 0 Å². The Balaban J connectivity index is 1.74. The van der Waals surface area contributed by atoms with E-state index in [4.69, 9.17) is 4.74 Å². The molecule has 0 unspecified atom stereocenters. The summed E-state index contributed by atoms with van der Waals surface area (Å²) >= 11 is 0. The third kappa shape index (κ3) is 5.64. The fraction of sp³-hybridized carbons (Fsp3) is 0.333. The van der Waals surface area contributed by atoms with Gasteiger partial charge in [-0.15, -0.1) is 0 Å². The van der Waals surface area contributed by atoms with E-state index in [1.165, 1.54) is 6.92 Å². The van der Waals surface area contributed by atoms with Crippen molar-refractivity contribution < 1.29 is 14.3 Å². The van der Waals surface area contributed by atoms with Crippen LogP contribution in [-0.2, 0) is 9.53 Å². The minimum atomic E-state index is -0.165. The second-order valence-corrected chi connectivity index (χ2v) is 6.61. The van der Waals surface area contributed by atoms with Crippen molar-refractivity contribution in [3.8, 4) is 0 Å². The van der Waals surface area contributed by atoms with E-state index in [1.54, 1.807) is 24.3 Å². The van der Waals surface area contributed by atoms with Gasteiger partial charge in [-0.3, -0.25) is 14.5 Å². The molecule has 2 aromatic rings. The van der Waals surface area contributed by atoms with Crippen molar-refractivity contribution in [2.45, 2.75) is 13.0 Å². The van der Waals surface area contributed by atoms with Crippen LogP contribution >= 0.6 is 0 Å². The minimum absolute atomic E-state index is 0.124. The summed E-state index contributed by atoms with van der Waals surface area (Å²) in [7, 11) is 0. The van der Waals surface area contributed by atoms with Crippen molar-refractivity contribution in [2.24, 2.45) is 0 Å². The molecule has 0 spiro atoms. The Labute approximate surface area is 159 Å². The van der Waals surface area contributed by atoms with Crippen LogP contribution in [0.4, 0.5) is 5.69 Å². The molecule has 0 aliphatic carbocycles. The number of anilines is 1. The number of benzene rings is 2. The standard InChI is InChI=1S/C21H25N3O3/c1-16(25)22-19-9-5-8-18(14-19)21(26)23-20(17-6-3-2-4-7-17)15-24-10-12-27-13-11-24/h2-9,14,20H,10-13,15H2,1H3,(H,22,25)(H,23,26)/t20-/m1/s1. The first-order valence-electron chi connectivity index (χ1n) is 9.15. The summed E-state index contributed by atoms with van der Waals surface area (Å²) in [6.45, 7) is 5.32. The molecule has 6 nitrogen and oxygen atoms in total. The van der Waals surface area contributed by atoms with Gasteiger partial charge in [0.25, 0.3) is 5.91 Å². The maximum atomic E-state index is 12.8. The van der Waals surface area contributed by atoms with Crippen molar-refractivity contribution in [3.05, 3.63) is 65.7 Å². The molecule has 1 saturated heterocycles. The predicted molar refractivity (Wildman–Crippen MR) is 105 cm³/mol. The normalized spacial score (nSPS) is 15.7. The van der Waals surface area contributed by atoms with Crippen molar-refractivity contribution in [3.63, 3.8) is 0 Å². The summed E-state index contributed by atoms with van der Waals surface area (Å²) in [4.78, 5) is 26.4. The summed E-state index contributed by atoms with van der Waals surface area (Å²) < 4.78 is 5.42. The molecule has 142 valence electrons. The van der Waals surface area contributed by atoms with Crippen molar-refractivity contribution in [1.82, 2.24) is 10.2 Å². The van der Waals surface area contributed by atoms with E-state index in [1.807, 2.05) is 30.3 Å². The third-order valence-corrected chi connectivity index (χ3v) is 4.50. The zero-order valence-electron chi connectivity index (χ0n) is 15.5. The van der Waals surface area contributed by atoms with E-state index in [0.717, 1.165) is 25.2 Å². The van der Waals surface area contributed by atoms with Gasteiger partial charge in [-0.2, -0.15) is 0 Å². The van der Waals surface area contributed by atoms with Gasteiger partial charge in [-0.25, -0.2) is 0 Å². The van der Waals surface area contributed by atoms with Crippen LogP contribution in [0.25, 0.3) is 0 Å². The first-order chi connectivity index (χ1) is 13.1. The molecule has 0 bridgehead atoms. The molecule has 1 heterocycles. The average Bonchev–Trinajstić information content (AvgIpc) is 2.68. The van der Waals surface area contributed by atoms with Gasteiger partial charge in [-0.1, -0.05) is 36.4 Å². The molecule has 0 saturated carbocycles. The van der Waals surface area contributed by atoms with Gasteiger partial charge < -0.3 is 15.4 Å². The maximum absolute atomic E-state index is 12.8. The number of amides is 2. The van der Waals surface area contributed by atoms with E-state index in [0.29, 0.717) is 24.5 Å². The molecule has 2 N–H and O–H groups in total. The fourth-order valence-electron chi connectivity index (χ4n) is 3.14. The lowest BCUT2D eigenvalue weighted by Gasteiger charge is -2.31. The quantitative estimate of drug-likeness (QED) is 0.823. The molecule has 0 radical (unpaired) electrons. The van der Waals surface area contributed by atoms with Crippen LogP contribution in [0.3, 0.4) is 0 Å². The Kier molecular flexibility index (Phi) is 6.57. The first kappa shape index (κ1) is 19.1. The lowest BCUT2D eigenvalue weighted by molar-refractivity contribution is -0.114. The second-order valence-electron chi connectivity index (χ2n) is 6.61. The van der Waals surface area contributed by atoms with Crippen LogP contribution in [0.1, 0.15) is 28.9 Å². The van der Waals surface area contributed by atoms with Crippen LogP contribution in [0, 0.1) is 0 Å². The fourth-order valence-corrected chi connectivity index (χ4v) is 3.14. The number of nitrogens with one attached hydrogen (secondary N) is 2. The van der Waals surface area contributed by atoms with Crippen molar-refractivity contribution in [2.75, 3.05) is 38.2 Å². The number of morpholine rings is 1. The highest BCUT2D eigenvalue weighted by atomic mass is 16.5. The topological polar surface area (TPSA) is 70.7 Å². The Morgan fingerprint density at radius 1 is 1.07 bits per heavy atom. The molecule has 1 aliphatic heterocycles. The van der Waals surface area contributed by atoms with Gasteiger partial charge in [0.2, 0.25) is 5.91 Å². The number of hydrogen-bond acceptors (Lipinski definition) is 4. The van der Waals surface area contributed by atoms with Gasteiger partial charge in [0.15, 0.2) is 0 Å². The Bertz CT molecular complexity index is 773. The summed E-state index contributed by atoms with van der Waals surface area (Å²) in [5, 5.41) is 5.85. The van der Waals surface area contributed by atoms with Gasteiger partial charge in [-0.05, 0) is 23.8 Å². The minimum Gasteiger partial charge on any atom is -0.379 e. The zero-order chi connectivity index (χ0) is 19.1. The van der Waals surface area contributed by atoms with E-state index in [-0.39, 0.29) is 17.9 Å². The number of ether oxygens (including phenoxy) is 1. The zero-order valence-corrected chi connectivity index (χ0v) is 15.5. The average molecular weight is 367 g/mol. The van der Waals surface area contributed by atoms with E-state index >= 15 is 0 Å². The molecule has 2 amide bonds. The molecular weight excluding hydrogens is 342 g/mol. The SMILES string of the molecule is CC(=O)Nc1cccc(C(=O)N[C@H](CN2CCOCC2)c2ccccc2)c1. The van der Waals surface area contributed by atoms with Crippen LogP contribution in [0.2, 0.25) is 0 Å². The number of carbonyl (C=O) groups excluding carboxylic acids is 2. The lowest BCUT2D eigenvalue weighted by Crippen LogP contribution is -2.43. The molecule has 0 aromatic heterocycles. The second kappa shape index (κ2) is 9.30. The van der Waals surface area contributed by atoms with E-state index in [2.05, 4.69) is 15.5 Å².